The Morgan fingerprint density at radius 1 is 1.80 bits per heavy atom. The summed E-state index contributed by atoms with van der Waals surface area (Å²) in [6.07, 6.45) is 0. The first-order chi connectivity index (χ1) is 4.74. The Balaban J connectivity index is 2.74. The molecular weight excluding hydrogens is 278 g/mol. The molecule has 0 spiro atoms. The lowest BCUT2D eigenvalue weighted by Crippen LogP contribution is -1.93. The molecule has 0 N–H and O–H groups in total. The highest BCUT2D eigenvalue weighted by atomic mass is 79.9. The monoisotopic (exact) mass is 283 g/mol. The molecule has 0 amide bonds. The lowest BCUT2D eigenvalue weighted by Gasteiger charge is -2.00. The number of aromatic nitrogens is 1. The molecule has 0 saturated heterocycles. The van der Waals surface area contributed by atoms with Gasteiger partial charge in [0.15, 0.2) is 3.92 Å². The highest BCUT2D eigenvalue weighted by molar-refractivity contribution is 9.11. The molecule has 4 heteroatoms. The van der Waals surface area contributed by atoms with Crippen LogP contribution in [-0.4, -0.2) is 10.3 Å². The number of nitrogens with zero attached hydrogens (tertiary/aromatic N) is 1. The maximum Gasteiger partial charge on any atom is 0.159 e. The zero-order valence-corrected chi connectivity index (χ0v) is 9.46. The molecule has 0 radical (unpaired) electrons. The first-order valence-electron chi connectivity index (χ1n) is 2.91. The van der Waals surface area contributed by atoms with E-state index in [1.165, 1.54) is 0 Å². The van der Waals surface area contributed by atoms with E-state index in [1.54, 1.807) is 11.3 Å². The summed E-state index contributed by atoms with van der Waals surface area (Å²) in [5.74, 6) is 0.516. The predicted octanol–water partition coefficient (Wildman–Crippen LogP) is 3.40. The van der Waals surface area contributed by atoms with Crippen molar-refractivity contribution in [3.63, 3.8) is 0 Å². The summed E-state index contributed by atoms with van der Waals surface area (Å²) >= 11 is 8.36. The second-order valence-corrected chi connectivity index (χ2v) is 4.86. The van der Waals surface area contributed by atoms with Crippen LogP contribution in [0.5, 0.6) is 0 Å². The van der Waals surface area contributed by atoms with Crippen molar-refractivity contribution >= 4 is 43.2 Å². The number of thiazole rings is 1. The Morgan fingerprint density at radius 2 is 2.50 bits per heavy atom. The summed E-state index contributed by atoms with van der Waals surface area (Å²) in [7, 11) is 0. The smallest absolute Gasteiger partial charge is 0.159 e. The topological polar surface area (TPSA) is 12.9 Å². The lowest BCUT2D eigenvalue weighted by molar-refractivity contribution is 0.849. The van der Waals surface area contributed by atoms with E-state index in [2.05, 4.69) is 49.1 Å². The Bertz CT molecular complexity index is 211. The van der Waals surface area contributed by atoms with Gasteiger partial charge in [0.25, 0.3) is 0 Å². The van der Waals surface area contributed by atoms with E-state index in [0.717, 1.165) is 14.9 Å². The van der Waals surface area contributed by atoms with Crippen molar-refractivity contribution in [2.24, 2.45) is 0 Å². The number of alkyl halides is 1. The van der Waals surface area contributed by atoms with Gasteiger partial charge in [0.1, 0.15) is 0 Å². The zero-order chi connectivity index (χ0) is 7.56. The molecule has 56 valence electrons. The first kappa shape index (κ1) is 8.68. The quantitative estimate of drug-likeness (QED) is 0.759. The fourth-order valence-corrected chi connectivity index (χ4v) is 2.05. The summed E-state index contributed by atoms with van der Waals surface area (Å²) in [6, 6.07) is 0. The van der Waals surface area contributed by atoms with Crippen LogP contribution in [-0.2, 0) is 0 Å². The van der Waals surface area contributed by atoms with Crippen molar-refractivity contribution in [3.05, 3.63) is 15.0 Å². The van der Waals surface area contributed by atoms with Gasteiger partial charge in [0.2, 0.25) is 0 Å². The number of rotatable bonds is 2. The van der Waals surface area contributed by atoms with Gasteiger partial charge < -0.3 is 0 Å². The lowest BCUT2D eigenvalue weighted by atomic mass is 10.2. The largest absolute Gasteiger partial charge is 0.234 e. The first-order valence-corrected chi connectivity index (χ1v) is 5.70. The van der Waals surface area contributed by atoms with Crippen LogP contribution in [0.3, 0.4) is 0 Å². The molecule has 0 aliphatic heterocycles. The molecule has 1 heterocycles. The van der Waals surface area contributed by atoms with Gasteiger partial charge in [-0.15, -0.1) is 11.3 Å². The minimum Gasteiger partial charge on any atom is -0.234 e. The minimum atomic E-state index is 0.516. The van der Waals surface area contributed by atoms with E-state index in [9.17, 15) is 0 Å². The van der Waals surface area contributed by atoms with E-state index in [1.807, 2.05) is 0 Å². The third-order valence-electron chi connectivity index (χ3n) is 1.23. The molecule has 1 nitrogen and oxygen atoms in total. The Labute approximate surface area is 81.1 Å². The molecule has 0 aromatic carbocycles. The maximum atomic E-state index is 4.29. The van der Waals surface area contributed by atoms with Crippen molar-refractivity contribution in [1.82, 2.24) is 4.98 Å². The van der Waals surface area contributed by atoms with E-state index in [4.69, 9.17) is 0 Å². The molecule has 1 atom stereocenters. The van der Waals surface area contributed by atoms with Crippen LogP contribution >= 0.6 is 43.2 Å². The van der Waals surface area contributed by atoms with Gasteiger partial charge in [-0.25, -0.2) is 4.98 Å². The molecule has 10 heavy (non-hydrogen) atoms. The summed E-state index contributed by atoms with van der Waals surface area (Å²) in [6.45, 7) is 2.15. The minimum absolute atomic E-state index is 0.516. The molecule has 0 saturated carbocycles. The second kappa shape index (κ2) is 3.83. The fraction of sp³-hybridized carbons (Fsp3) is 0.500. The van der Waals surface area contributed by atoms with E-state index >= 15 is 0 Å². The van der Waals surface area contributed by atoms with Gasteiger partial charge in [0.05, 0.1) is 5.69 Å². The summed E-state index contributed by atoms with van der Waals surface area (Å²) in [4.78, 5) is 4.29. The highest BCUT2D eigenvalue weighted by Crippen LogP contribution is 2.22. The van der Waals surface area contributed by atoms with Crippen molar-refractivity contribution in [1.29, 1.82) is 0 Å². The van der Waals surface area contributed by atoms with Crippen LogP contribution in [0.4, 0.5) is 0 Å². The summed E-state index contributed by atoms with van der Waals surface area (Å²) in [5, 5.41) is 3.05. The van der Waals surface area contributed by atoms with Gasteiger partial charge in [-0.3, -0.25) is 0 Å². The van der Waals surface area contributed by atoms with Crippen LogP contribution in [0.2, 0.25) is 0 Å². The molecule has 0 bridgehead atoms. The number of halogens is 2. The summed E-state index contributed by atoms with van der Waals surface area (Å²) < 4.78 is 0.968. The van der Waals surface area contributed by atoms with Crippen LogP contribution in [0.1, 0.15) is 18.5 Å². The molecule has 0 aliphatic rings. The zero-order valence-electron chi connectivity index (χ0n) is 5.47. The van der Waals surface area contributed by atoms with Gasteiger partial charge in [-0.05, 0) is 15.9 Å². The van der Waals surface area contributed by atoms with E-state index in [0.29, 0.717) is 5.92 Å². The van der Waals surface area contributed by atoms with Crippen LogP contribution in [0.25, 0.3) is 0 Å². The fourth-order valence-electron chi connectivity index (χ4n) is 0.569. The summed E-state index contributed by atoms with van der Waals surface area (Å²) in [5.41, 5.74) is 1.16. The van der Waals surface area contributed by atoms with Crippen molar-refractivity contribution in [3.8, 4) is 0 Å². The molecule has 1 aromatic heterocycles. The normalized spacial score (nSPS) is 13.5. The molecule has 0 fully saturated rings. The van der Waals surface area contributed by atoms with Gasteiger partial charge in [0, 0.05) is 16.6 Å². The second-order valence-electron chi connectivity index (χ2n) is 2.08. The maximum absolute atomic E-state index is 4.29. The Kier molecular flexibility index (Phi) is 3.33. The number of hydrogen-bond acceptors (Lipinski definition) is 2. The SMILES string of the molecule is CC(CBr)c1csc(Br)n1. The average molecular weight is 285 g/mol. The molecular formula is C6H7Br2NS. The van der Waals surface area contributed by atoms with Gasteiger partial charge >= 0.3 is 0 Å². The predicted molar refractivity (Wildman–Crippen MR) is 52.0 cm³/mol. The molecule has 0 aliphatic carbocycles. The van der Waals surface area contributed by atoms with Gasteiger partial charge in [-0.1, -0.05) is 22.9 Å². The van der Waals surface area contributed by atoms with Gasteiger partial charge in [-0.2, -0.15) is 0 Å². The molecule has 1 unspecified atom stereocenters. The Hall–Kier alpha value is 0.590. The number of hydrogen-bond donors (Lipinski definition) is 0. The Morgan fingerprint density at radius 3 is 2.90 bits per heavy atom. The molecule has 1 aromatic rings. The van der Waals surface area contributed by atoms with Crippen molar-refractivity contribution < 1.29 is 0 Å². The van der Waals surface area contributed by atoms with Crippen molar-refractivity contribution in [2.45, 2.75) is 12.8 Å². The van der Waals surface area contributed by atoms with E-state index in [-0.39, 0.29) is 0 Å². The standard InChI is InChI=1S/C6H7Br2NS/c1-4(2-7)5-3-10-6(8)9-5/h3-4H,2H2,1H3. The highest BCUT2D eigenvalue weighted by Gasteiger charge is 2.06. The third kappa shape index (κ3) is 2.04. The third-order valence-corrected chi connectivity index (χ3v) is 3.58. The average Bonchev–Trinajstić information content (AvgIpc) is 2.34. The van der Waals surface area contributed by atoms with Crippen LogP contribution in [0.15, 0.2) is 9.30 Å². The van der Waals surface area contributed by atoms with Crippen molar-refractivity contribution in [2.75, 3.05) is 5.33 Å². The van der Waals surface area contributed by atoms with Crippen LogP contribution < -0.4 is 0 Å². The van der Waals surface area contributed by atoms with E-state index < -0.39 is 0 Å². The molecule has 1 rings (SSSR count). The van der Waals surface area contributed by atoms with Crippen LogP contribution in [0, 0.1) is 0 Å².